The first kappa shape index (κ1) is 14.0. The molecule has 19 heavy (non-hydrogen) atoms. The molecule has 1 aliphatic rings. The van der Waals surface area contributed by atoms with E-state index in [1.165, 1.54) is 16.8 Å². The van der Waals surface area contributed by atoms with Crippen LogP contribution in [-0.4, -0.2) is 41.2 Å². The largest absolute Gasteiger partial charge is 0.387 e. The number of piperidine rings is 1. The summed E-state index contributed by atoms with van der Waals surface area (Å²) in [4.78, 5) is 3.90. The molecule has 1 aromatic rings. The average molecular weight is 285 g/mol. The fourth-order valence-electron chi connectivity index (χ4n) is 2.14. The van der Waals surface area contributed by atoms with Gasteiger partial charge in [0, 0.05) is 31.7 Å². The molecule has 0 aromatic carbocycles. The van der Waals surface area contributed by atoms with Gasteiger partial charge in [-0.15, -0.1) is 0 Å². The van der Waals surface area contributed by atoms with Gasteiger partial charge in [-0.2, -0.15) is 4.31 Å². The van der Waals surface area contributed by atoms with Crippen molar-refractivity contribution in [3.8, 4) is 0 Å². The molecule has 106 valence electrons. The molecule has 0 spiro atoms. The van der Waals surface area contributed by atoms with Gasteiger partial charge in [0.1, 0.15) is 0 Å². The average Bonchev–Trinajstić information content (AvgIpc) is 2.77. The van der Waals surface area contributed by atoms with Crippen LogP contribution in [0.15, 0.2) is 17.6 Å². The summed E-state index contributed by atoms with van der Waals surface area (Å²) in [6.45, 7) is 2.64. The Morgan fingerprint density at radius 3 is 2.47 bits per heavy atom. The number of hydrogen-bond acceptors (Lipinski definition) is 4. The van der Waals surface area contributed by atoms with Crippen molar-refractivity contribution in [2.24, 2.45) is 18.2 Å². The zero-order chi connectivity index (χ0) is 14.3. The molecule has 2 rings (SSSR count). The monoisotopic (exact) mass is 285 g/mol. The van der Waals surface area contributed by atoms with Gasteiger partial charge in [-0.25, -0.2) is 13.4 Å². The Kier molecular flexibility index (Phi) is 3.40. The summed E-state index contributed by atoms with van der Waals surface area (Å²) in [5.41, 5.74) is 5.18. The van der Waals surface area contributed by atoms with Gasteiger partial charge in [0.25, 0.3) is 10.0 Å². The van der Waals surface area contributed by atoms with Crippen LogP contribution >= 0.6 is 0 Å². The third-order valence-corrected chi connectivity index (χ3v) is 5.55. The van der Waals surface area contributed by atoms with Crippen LogP contribution in [0.3, 0.4) is 0 Å². The van der Waals surface area contributed by atoms with Crippen LogP contribution in [-0.2, 0) is 17.1 Å². The lowest BCUT2D eigenvalue weighted by molar-refractivity contribution is 0.240. The Bertz CT molecular complexity index is 584. The van der Waals surface area contributed by atoms with Crippen LogP contribution in [0.2, 0.25) is 0 Å². The molecule has 3 N–H and O–H groups in total. The number of sulfonamides is 1. The Hall–Kier alpha value is -1.41. The second kappa shape index (κ2) is 4.61. The quantitative estimate of drug-likeness (QED) is 0.609. The highest BCUT2D eigenvalue weighted by molar-refractivity contribution is 7.89. The molecule has 0 bridgehead atoms. The number of aromatic nitrogens is 2. The molecular weight excluding hydrogens is 266 g/mol. The van der Waals surface area contributed by atoms with Gasteiger partial charge in [-0.3, -0.25) is 5.41 Å². The number of nitrogens with two attached hydrogens (primary N) is 1. The maximum absolute atomic E-state index is 12.3. The molecule has 0 atom stereocenters. The summed E-state index contributed by atoms with van der Waals surface area (Å²) in [5, 5.41) is 7.64. The predicted molar refractivity (Wildman–Crippen MR) is 71.2 cm³/mol. The van der Waals surface area contributed by atoms with Crippen molar-refractivity contribution in [2.45, 2.75) is 24.8 Å². The second-order valence-corrected chi connectivity index (χ2v) is 7.14. The number of hydrogen-bond donors (Lipinski definition) is 2. The van der Waals surface area contributed by atoms with Crippen molar-refractivity contribution < 1.29 is 8.42 Å². The van der Waals surface area contributed by atoms with E-state index in [9.17, 15) is 8.42 Å². The molecule has 8 heteroatoms. The van der Waals surface area contributed by atoms with Crippen LogP contribution in [0.5, 0.6) is 0 Å². The molecule has 7 nitrogen and oxygen atoms in total. The maximum Gasteiger partial charge on any atom is 0.262 e. The Labute approximate surface area is 113 Å². The van der Waals surface area contributed by atoms with Gasteiger partial charge < -0.3 is 10.3 Å². The molecule has 0 unspecified atom stereocenters. The van der Waals surface area contributed by atoms with Gasteiger partial charge >= 0.3 is 0 Å². The minimum atomic E-state index is -3.53. The van der Waals surface area contributed by atoms with Crippen molar-refractivity contribution in [2.75, 3.05) is 13.1 Å². The minimum Gasteiger partial charge on any atom is -0.387 e. The van der Waals surface area contributed by atoms with Crippen molar-refractivity contribution in [1.82, 2.24) is 13.9 Å². The highest BCUT2D eigenvalue weighted by Gasteiger charge is 2.38. The smallest absolute Gasteiger partial charge is 0.262 e. The number of rotatable bonds is 3. The third kappa shape index (κ3) is 2.50. The van der Waals surface area contributed by atoms with Crippen molar-refractivity contribution in [3.05, 3.63) is 12.5 Å². The number of aryl methyl sites for hydroxylation is 1. The summed E-state index contributed by atoms with van der Waals surface area (Å²) in [6.07, 6.45) is 4.09. The van der Waals surface area contributed by atoms with Crippen LogP contribution in [0.4, 0.5) is 0 Å². The van der Waals surface area contributed by atoms with E-state index in [1.807, 2.05) is 6.92 Å². The number of nitrogens with zero attached hydrogens (tertiary/aromatic N) is 3. The van der Waals surface area contributed by atoms with Crippen LogP contribution in [0.1, 0.15) is 19.8 Å². The zero-order valence-electron chi connectivity index (χ0n) is 11.1. The molecule has 1 aliphatic heterocycles. The lowest BCUT2D eigenvalue weighted by Crippen LogP contribution is -2.47. The molecule has 0 aliphatic carbocycles. The zero-order valence-corrected chi connectivity index (χ0v) is 11.9. The van der Waals surface area contributed by atoms with E-state index in [1.54, 1.807) is 11.6 Å². The Morgan fingerprint density at radius 2 is 2.05 bits per heavy atom. The summed E-state index contributed by atoms with van der Waals surface area (Å²) >= 11 is 0. The highest BCUT2D eigenvalue weighted by Crippen LogP contribution is 2.32. The van der Waals surface area contributed by atoms with Crippen LogP contribution in [0, 0.1) is 10.8 Å². The number of imidazole rings is 1. The van der Waals surface area contributed by atoms with E-state index in [2.05, 4.69) is 4.98 Å². The van der Waals surface area contributed by atoms with Gasteiger partial charge in [0.05, 0.1) is 12.2 Å². The van der Waals surface area contributed by atoms with Crippen molar-refractivity contribution >= 4 is 15.9 Å². The van der Waals surface area contributed by atoms with Gasteiger partial charge in [0.15, 0.2) is 5.03 Å². The Morgan fingerprint density at radius 1 is 1.47 bits per heavy atom. The van der Waals surface area contributed by atoms with E-state index >= 15 is 0 Å². The first-order valence-corrected chi connectivity index (χ1v) is 7.52. The van der Waals surface area contributed by atoms with Gasteiger partial charge in [0.2, 0.25) is 0 Å². The molecule has 0 amide bonds. The van der Waals surface area contributed by atoms with E-state index in [0.29, 0.717) is 25.9 Å². The lowest BCUT2D eigenvalue weighted by Gasteiger charge is -2.37. The summed E-state index contributed by atoms with van der Waals surface area (Å²) < 4.78 is 27.7. The molecular formula is C11H19N5O2S. The SMILES string of the molecule is Cn1cnc(S(=O)(=O)N2CCC(C)(C(=N)N)CC2)c1. The van der Waals surface area contributed by atoms with Crippen LogP contribution in [0.25, 0.3) is 0 Å². The molecule has 1 fully saturated rings. The summed E-state index contributed by atoms with van der Waals surface area (Å²) in [5.74, 6) is 0.127. The molecule has 1 aromatic heterocycles. The second-order valence-electron chi connectivity index (χ2n) is 5.26. The first-order chi connectivity index (χ1) is 8.75. The predicted octanol–water partition coefficient (Wildman–Crippen LogP) is 0.147. The third-order valence-electron chi connectivity index (χ3n) is 3.76. The van der Waals surface area contributed by atoms with E-state index in [4.69, 9.17) is 11.1 Å². The fourth-order valence-corrected chi connectivity index (χ4v) is 3.55. The molecule has 0 radical (unpaired) electrons. The van der Waals surface area contributed by atoms with E-state index < -0.39 is 15.4 Å². The molecule has 0 saturated carbocycles. The summed E-state index contributed by atoms with van der Waals surface area (Å²) in [7, 11) is -1.80. The minimum absolute atomic E-state index is 0.0708. The topological polar surface area (TPSA) is 105 Å². The van der Waals surface area contributed by atoms with E-state index in [-0.39, 0.29) is 10.9 Å². The number of amidine groups is 1. The Balaban J connectivity index is 2.16. The normalized spacial score (nSPS) is 20.3. The highest BCUT2D eigenvalue weighted by atomic mass is 32.2. The number of nitrogens with one attached hydrogen (secondary N) is 1. The van der Waals surface area contributed by atoms with Crippen molar-refractivity contribution in [1.29, 1.82) is 5.41 Å². The van der Waals surface area contributed by atoms with E-state index in [0.717, 1.165) is 0 Å². The fraction of sp³-hybridized carbons (Fsp3) is 0.636. The molecule has 1 saturated heterocycles. The maximum atomic E-state index is 12.3. The van der Waals surface area contributed by atoms with Crippen molar-refractivity contribution in [3.63, 3.8) is 0 Å². The van der Waals surface area contributed by atoms with Crippen LogP contribution < -0.4 is 5.73 Å². The van der Waals surface area contributed by atoms with Gasteiger partial charge in [-0.05, 0) is 12.8 Å². The standard InChI is InChI=1S/C11H19N5O2S/c1-11(10(12)13)3-5-16(6-4-11)19(17,18)9-7-15(2)8-14-9/h7-8H,3-6H2,1-2H3,(H3,12,13). The molecule has 2 heterocycles. The van der Waals surface area contributed by atoms with Gasteiger partial charge in [-0.1, -0.05) is 6.92 Å². The summed E-state index contributed by atoms with van der Waals surface area (Å²) in [6, 6.07) is 0. The lowest BCUT2D eigenvalue weighted by atomic mass is 9.80. The first-order valence-electron chi connectivity index (χ1n) is 6.08.